The highest BCUT2D eigenvalue weighted by Gasteiger charge is 2.29. The number of benzene rings is 3. The van der Waals surface area contributed by atoms with Crippen LogP contribution in [0.25, 0.3) is 10.8 Å². The van der Waals surface area contributed by atoms with E-state index in [0.29, 0.717) is 5.56 Å². The summed E-state index contributed by atoms with van der Waals surface area (Å²) >= 11 is 18.1. The van der Waals surface area contributed by atoms with Crippen LogP contribution in [-0.4, -0.2) is 11.6 Å². The van der Waals surface area contributed by atoms with Crippen LogP contribution in [0, 0.1) is 0 Å². The first kappa shape index (κ1) is 20.9. The van der Waals surface area contributed by atoms with Crippen molar-refractivity contribution in [2.75, 3.05) is 0 Å². The summed E-state index contributed by atoms with van der Waals surface area (Å²) in [6.07, 6.45) is -0.935. The number of carbonyl (C=O) groups excluding carboxylic acids is 1. The summed E-state index contributed by atoms with van der Waals surface area (Å²) in [4.78, 5) is 13.0. The van der Waals surface area contributed by atoms with Gasteiger partial charge in [-0.3, -0.25) is 0 Å². The molecule has 0 N–H and O–H groups in total. The molecule has 0 fully saturated rings. The lowest BCUT2D eigenvalue weighted by Crippen LogP contribution is -2.30. The van der Waals surface area contributed by atoms with Crippen LogP contribution in [-0.2, 0) is 9.53 Å². The molecule has 1 unspecified atom stereocenters. The van der Waals surface area contributed by atoms with E-state index in [2.05, 4.69) is 0 Å². The highest BCUT2D eigenvalue weighted by Crippen LogP contribution is 2.35. The van der Waals surface area contributed by atoms with Crippen molar-refractivity contribution in [3.63, 3.8) is 0 Å². The van der Waals surface area contributed by atoms with E-state index in [4.69, 9.17) is 44.3 Å². The van der Waals surface area contributed by atoms with Crippen LogP contribution in [0.2, 0.25) is 15.1 Å². The minimum absolute atomic E-state index is 0.129. The van der Waals surface area contributed by atoms with Crippen LogP contribution in [0.3, 0.4) is 0 Å². The zero-order chi connectivity index (χ0) is 20.5. The lowest BCUT2D eigenvalue weighted by molar-refractivity contribution is -0.157. The van der Waals surface area contributed by atoms with Crippen LogP contribution in [0.4, 0.5) is 0 Å². The maximum absolute atomic E-state index is 13.0. The first-order valence-corrected chi connectivity index (χ1v) is 9.80. The molecule has 3 aromatic rings. The molecule has 146 valence electrons. The molecule has 0 heterocycles. The Labute approximate surface area is 179 Å². The lowest BCUT2D eigenvalue weighted by atomic mass is 10.0. The number of carbonyl (C=O) groups is 1. The van der Waals surface area contributed by atoms with Gasteiger partial charge >= 0.3 is 5.97 Å². The van der Waals surface area contributed by atoms with Gasteiger partial charge in [-0.05, 0) is 49.2 Å². The molecular formula is C22H19Cl3O3. The summed E-state index contributed by atoms with van der Waals surface area (Å²) in [6, 6.07) is 16.5. The average Bonchev–Trinajstić information content (AvgIpc) is 2.63. The number of hydrogen-bond acceptors (Lipinski definition) is 3. The van der Waals surface area contributed by atoms with Gasteiger partial charge in [-0.2, -0.15) is 0 Å². The SMILES string of the molecule is CC(C)(C)OC(C(=O)Oc1cc(Cl)c(Cl)cc1Cl)c1ccc2ccccc2c1. The summed E-state index contributed by atoms with van der Waals surface area (Å²) in [5.41, 5.74) is 0.117. The van der Waals surface area contributed by atoms with Crippen molar-refractivity contribution in [2.24, 2.45) is 0 Å². The molecular weight excluding hydrogens is 419 g/mol. The third-order valence-corrected chi connectivity index (χ3v) is 4.96. The second-order valence-electron chi connectivity index (χ2n) is 7.33. The van der Waals surface area contributed by atoms with Gasteiger partial charge in [-0.25, -0.2) is 4.79 Å². The summed E-state index contributed by atoms with van der Waals surface area (Å²) in [7, 11) is 0. The van der Waals surface area contributed by atoms with Crippen molar-refractivity contribution < 1.29 is 14.3 Å². The van der Waals surface area contributed by atoms with Gasteiger partial charge in [0.25, 0.3) is 0 Å². The minimum atomic E-state index is -0.935. The molecule has 6 heteroatoms. The first-order chi connectivity index (χ1) is 13.1. The number of fused-ring (bicyclic) bond motifs is 1. The van der Waals surface area contributed by atoms with E-state index < -0.39 is 17.7 Å². The number of hydrogen-bond donors (Lipinski definition) is 0. The van der Waals surface area contributed by atoms with Crippen LogP contribution in [0.5, 0.6) is 5.75 Å². The van der Waals surface area contributed by atoms with Gasteiger partial charge in [0.2, 0.25) is 0 Å². The molecule has 0 saturated heterocycles. The molecule has 1 atom stereocenters. The Morgan fingerprint density at radius 1 is 0.857 bits per heavy atom. The van der Waals surface area contributed by atoms with Gasteiger partial charge in [0.05, 0.1) is 20.7 Å². The summed E-state index contributed by atoms with van der Waals surface area (Å²) in [5.74, 6) is -0.463. The van der Waals surface area contributed by atoms with Crippen LogP contribution in [0.1, 0.15) is 32.4 Å². The summed E-state index contributed by atoms with van der Waals surface area (Å²) < 4.78 is 11.5. The molecule has 0 aromatic heterocycles. The predicted octanol–water partition coefficient (Wildman–Crippen LogP) is 7.26. The monoisotopic (exact) mass is 436 g/mol. The molecule has 0 saturated carbocycles. The predicted molar refractivity (Wildman–Crippen MR) is 115 cm³/mol. The molecule has 28 heavy (non-hydrogen) atoms. The van der Waals surface area contributed by atoms with Gasteiger partial charge in [-0.15, -0.1) is 0 Å². The molecule has 0 spiro atoms. The van der Waals surface area contributed by atoms with Crippen LogP contribution in [0.15, 0.2) is 54.6 Å². The van der Waals surface area contributed by atoms with Crippen molar-refractivity contribution in [1.29, 1.82) is 0 Å². The molecule has 3 nitrogen and oxygen atoms in total. The maximum atomic E-state index is 13.0. The van der Waals surface area contributed by atoms with Crippen molar-refractivity contribution in [2.45, 2.75) is 32.5 Å². The molecule has 0 bridgehead atoms. The maximum Gasteiger partial charge on any atom is 0.345 e. The first-order valence-electron chi connectivity index (χ1n) is 8.67. The van der Waals surface area contributed by atoms with Crippen LogP contribution < -0.4 is 4.74 Å². The molecule has 0 amide bonds. The Bertz CT molecular complexity index is 1030. The Morgan fingerprint density at radius 3 is 2.18 bits per heavy atom. The second kappa shape index (κ2) is 8.30. The largest absolute Gasteiger partial charge is 0.423 e. The normalized spacial score (nSPS) is 12.8. The second-order valence-corrected chi connectivity index (χ2v) is 8.56. The van der Waals surface area contributed by atoms with Gasteiger partial charge in [0.15, 0.2) is 11.9 Å². The minimum Gasteiger partial charge on any atom is -0.423 e. The van der Waals surface area contributed by atoms with Gasteiger partial charge in [0, 0.05) is 6.07 Å². The summed E-state index contributed by atoms with van der Waals surface area (Å²) in [6.45, 7) is 5.63. The third-order valence-electron chi connectivity index (χ3n) is 3.95. The van der Waals surface area contributed by atoms with E-state index >= 15 is 0 Å². The fourth-order valence-corrected chi connectivity index (χ4v) is 3.30. The fourth-order valence-electron chi connectivity index (χ4n) is 2.72. The van der Waals surface area contributed by atoms with Gasteiger partial charge in [0.1, 0.15) is 0 Å². The van der Waals surface area contributed by atoms with E-state index in [1.165, 1.54) is 12.1 Å². The average molecular weight is 438 g/mol. The molecule has 0 radical (unpaired) electrons. The quantitative estimate of drug-likeness (QED) is 0.245. The van der Waals surface area contributed by atoms with Crippen molar-refractivity contribution in [3.8, 4) is 5.75 Å². The van der Waals surface area contributed by atoms with E-state index in [1.54, 1.807) is 0 Å². The number of rotatable bonds is 4. The smallest absolute Gasteiger partial charge is 0.345 e. The Balaban J connectivity index is 1.97. The zero-order valence-corrected chi connectivity index (χ0v) is 17.9. The van der Waals surface area contributed by atoms with E-state index in [-0.39, 0.29) is 20.8 Å². The molecule has 0 aliphatic carbocycles. The molecule has 0 aliphatic heterocycles. The van der Waals surface area contributed by atoms with E-state index in [1.807, 2.05) is 63.2 Å². The Morgan fingerprint density at radius 2 is 1.50 bits per heavy atom. The zero-order valence-electron chi connectivity index (χ0n) is 15.6. The third kappa shape index (κ3) is 4.98. The van der Waals surface area contributed by atoms with Crippen molar-refractivity contribution >= 4 is 51.5 Å². The number of esters is 1. The van der Waals surface area contributed by atoms with Crippen LogP contribution >= 0.6 is 34.8 Å². The topological polar surface area (TPSA) is 35.5 Å². The van der Waals surface area contributed by atoms with Gasteiger partial charge in [-0.1, -0.05) is 71.2 Å². The summed E-state index contributed by atoms with van der Waals surface area (Å²) in [5, 5.41) is 2.79. The van der Waals surface area contributed by atoms with Crippen molar-refractivity contribution in [3.05, 3.63) is 75.2 Å². The van der Waals surface area contributed by atoms with Gasteiger partial charge < -0.3 is 9.47 Å². The Hall–Kier alpha value is -1.78. The standard InChI is InChI=1S/C22H19Cl3O3/c1-22(2,3)28-20(15-9-8-13-6-4-5-7-14(13)10-15)21(26)27-19-12-17(24)16(23)11-18(19)25/h4-12,20H,1-3H3. The number of halogens is 3. The molecule has 0 aliphatic rings. The highest BCUT2D eigenvalue weighted by atomic mass is 35.5. The molecule has 3 aromatic carbocycles. The van der Waals surface area contributed by atoms with Crippen molar-refractivity contribution in [1.82, 2.24) is 0 Å². The fraction of sp³-hybridized carbons (Fsp3) is 0.227. The number of ether oxygens (including phenoxy) is 2. The van der Waals surface area contributed by atoms with E-state index in [9.17, 15) is 4.79 Å². The lowest BCUT2D eigenvalue weighted by Gasteiger charge is -2.27. The highest BCUT2D eigenvalue weighted by molar-refractivity contribution is 6.43. The molecule has 3 rings (SSSR count). The Kier molecular flexibility index (Phi) is 6.21. The van der Waals surface area contributed by atoms with E-state index in [0.717, 1.165) is 10.8 Å².